The maximum atomic E-state index is 11.8. The largest absolute Gasteiger partial charge is 0.476 e. The molecule has 0 rings (SSSR count). The lowest BCUT2D eigenvalue weighted by atomic mass is 10.7. The average Bonchev–Trinajstić information content (AvgIpc) is 2.19. The van der Waals surface area contributed by atoms with Gasteiger partial charge in [-0.2, -0.15) is 26.3 Å². The van der Waals surface area contributed by atoms with E-state index in [0.717, 1.165) is 0 Å². The van der Waals surface area contributed by atoms with Gasteiger partial charge >= 0.3 is 20.2 Å². The van der Waals surface area contributed by atoms with Crippen LogP contribution in [0.5, 0.6) is 0 Å². The van der Waals surface area contributed by atoms with Crippen molar-refractivity contribution in [2.45, 2.75) is 12.4 Å². The van der Waals surface area contributed by atoms with Gasteiger partial charge in [0.15, 0.2) is 13.2 Å². The summed E-state index contributed by atoms with van der Waals surface area (Å²) in [7, 11) is -5.01. The first-order chi connectivity index (χ1) is 7.97. The number of phosphoric ester groups is 1. The summed E-state index contributed by atoms with van der Waals surface area (Å²) in [5, 5.41) is 0. The number of terminal acetylenes is 1. The van der Waals surface area contributed by atoms with E-state index >= 15 is 0 Å². The normalized spacial score (nSPS) is 13.4. The molecule has 11 heteroatoms. The number of rotatable bonds is 6. The van der Waals surface area contributed by atoms with Gasteiger partial charge in [0.2, 0.25) is 0 Å². The van der Waals surface area contributed by atoms with Crippen molar-refractivity contribution in [1.82, 2.24) is 0 Å². The number of phosphoric acid groups is 1. The second-order valence-corrected chi connectivity index (χ2v) is 4.37. The molecule has 0 radical (unpaired) electrons. The fourth-order valence-electron chi connectivity index (χ4n) is 0.533. The molecule has 0 spiro atoms. The van der Waals surface area contributed by atoms with Gasteiger partial charge < -0.3 is 0 Å². The van der Waals surface area contributed by atoms with Gasteiger partial charge in [0.1, 0.15) is 6.61 Å². The van der Waals surface area contributed by atoms with E-state index in [1.54, 1.807) is 5.92 Å². The van der Waals surface area contributed by atoms with Crippen molar-refractivity contribution in [1.29, 1.82) is 0 Å². The second-order valence-electron chi connectivity index (χ2n) is 2.70. The van der Waals surface area contributed by atoms with Crippen LogP contribution in [0, 0.1) is 12.3 Å². The lowest BCUT2D eigenvalue weighted by molar-refractivity contribution is -0.170. The minimum Gasteiger partial charge on any atom is -0.277 e. The standard InChI is InChI=1S/C7H7F6O4P/c1-2-3-15-18(14,16-4-6(8,9)10)17-5-7(11,12)13/h1H,3-5H2. The van der Waals surface area contributed by atoms with Crippen LogP contribution in [0.15, 0.2) is 0 Å². The van der Waals surface area contributed by atoms with E-state index in [1.807, 2.05) is 0 Å². The zero-order chi connectivity index (χ0) is 14.4. The number of halogens is 6. The predicted molar refractivity (Wildman–Crippen MR) is 46.4 cm³/mol. The van der Waals surface area contributed by atoms with Gasteiger partial charge in [-0.15, -0.1) is 6.42 Å². The van der Waals surface area contributed by atoms with Gasteiger partial charge in [-0.25, -0.2) is 4.57 Å². The van der Waals surface area contributed by atoms with E-state index in [1.165, 1.54) is 0 Å². The fraction of sp³-hybridized carbons (Fsp3) is 0.714. The maximum absolute atomic E-state index is 11.8. The molecule has 0 unspecified atom stereocenters. The topological polar surface area (TPSA) is 44.8 Å². The van der Waals surface area contributed by atoms with Crippen LogP contribution in [0.4, 0.5) is 26.3 Å². The Labute approximate surface area is 97.8 Å². The van der Waals surface area contributed by atoms with Crippen LogP contribution < -0.4 is 0 Å². The highest BCUT2D eigenvalue weighted by Crippen LogP contribution is 2.51. The van der Waals surface area contributed by atoms with E-state index < -0.39 is 40.0 Å². The zero-order valence-corrected chi connectivity index (χ0v) is 9.44. The Kier molecular flexibility index (Phi) is 6.16. The van der Waals surface area contributed by atoms with Gasteiger partial charge in [-0.3, -0.25) is 13.6 Å². The van der Waals surface area contributed by atoms with E-state index in [4.69, 9.17) is 0 Å². The fourth-order valence-corrected chi connectivity index (χ4v) is 1.60. The van der Waals surface area contributed by atoms with Crippen LogP contribution >= 0.6 is 7.82 Å². The van der Waals surface area contributed by atoms with Gasteiger partial charge in [-0.05, 0) is 0 Å². The van der Waals surface area contributed by atoms with Crippen LogP contribution in [0.3, 0.4) is 0 Å². The van der Waals surface area contributed by atoms with Crippen molar-refractivity contribution < 1.29 is 44.5 Å². The molecular weight excluding hydrogens is 293 g/mol. The van der Waals surface area contributed by atoms with Crippen molar-refractivity contribution in [3.63, 3.8) is 0 Å². The number of alkyl halides is 6. The Bertz CT molecular complexity index is 321. The summed E-state index contributed by atoms with van der Waals surface area (Å²) in [4.78, 5) is 0. The summed E-state index contributed by atoms with van der Waals surface area (Å²) in [6.07, 6.45) is -5.16. The Morgan fingerprint density at radius 3 is 1.61 bits per heavy atom. The van der Waals surface area contributed by atoms with Crippen LogP contribution in [-0.2, 0) is 18.1 Å². The third-order valence-electron chi connectivity index (χ3n) is 1.08. The SMILES string of the molecule is C#CCOP(=O)(OCC(F)(F)F)OCC(F)(F)F. The van der Waals surface area contributed by atoms with Gasteiger partial charge in [-0.1, -0.05) is 5.92 Å². The highest BCUT2D eigenvalue weighted by molar-refractivity contribution is 7.48. The van der Waals surface area contributed by atoms with Gasteiger partial charge in [0, 0.05) is 0 Å². The third kappa shape index (κ3) is 9.30. The lowest BCUT2D eigenvalue weighted by Crippen LogP contribution is -2.20. The molecule has 0 aliphatic rings. The van der Waals surface area contributed by atoms with Crippen LogP contribution in [0.1, 0.15) is 0 Å². The summed E-state index contributed by atoms with van der Waals surface area (Å²) in [5.74, 6) is 1.70. The van der Waals surface area contributed by atoms with E-state index in [-0.39, 0.29) is 0 Å². The third-order valence-corrected chi connectivity index (χ3v) is 2.41. The Hall–Kier alpha value is -0.750. The maximum Gasteiger partial charge on any atom is 0.476 e. The first kappa shape index (κ1) is 17.2. The molecule has 0 aromatic carbocycles. The first-order valence-electron chi connectivity index (χ1n) is 4.08. The minimum absolute atomic E-state index is 0.826. The predicted octanol–water partition coefficient (Wildman–Crippen LogP) is 2.90. The molecule has 106 valence electrons. The van der Waals surface area contributed by atoms with E-state index in [0.29, 0.717) is 0 Å². The molecule has 0 fully saturated rings. The van der Waals surface area contributed by atoms with Gasteiger partial charge in [0.05, 0.1) is 0 Å². The number of hydrogen-bond donors (Lipinski definition) is 0. The Balaban J connectivity index is 4.54. The molecule has 0 saturated carbocycles. The molecule has 0 aromatic heterocycles. The Morgan fingerprint density at radius 2 is 1.33 bits per heavy atom. The summed E-state index contributed by atoms with van der Waals surface area (Å²) >= 11 is 0. The van der Waals surface area contributed by atoms with Crippen molar-refractivity contribution in [3.05, 3.63) is 0 Å². The Morgan fingerprint density at radius 1 is 0.944 bits per heavy atom. The highest BCUT2D eigenvalue weighted by atomic mass is 31.2. The first-order valence-corrected chi connectivity index (χ1v) is 5.54. The lowest BCUT2D eigenvalue weighted by Gasteiger charge is -2.18. The quantitative estimate of drug-likeness (QED) is 0.430. The van der Waals surface area contributed by atoms with Crippen LogP contribution in [0.25, 0.3) is 0 Å². The van der Waals surface area contributed by atoms with E-state index in [9.17, 15) is 30.9 Å². The summed E-state index contributed by atoms with van der Waals surface area (Å²) in [6, 6.07) is 0. The molecule has 0 saturated heterocycles. The average molecular weight is 300 g/mol. The molecule has 0 aromatic rings. The highest BCUT2D eigenvalue weighted by Gasteiger charge is 2.39. The van der Waals surface area contributed by atoms with Crippen molar-refractivity contribution in [3.8, 4) is 12.3 Å². The molecule has 0 atom stereocenters. The molecular formula is C7H7F6O4P. The van der Waals surface area contributed by atoms with Crippen LogP contribution in [-0.4, -0.2) is 32.2 Å². The number of hydrogen-bond acceptors (Lipinski definition) is 4. The monoisotopic (exact) mass is 300 g/mol. The molecule has 0 aliphatic carbocycles. The molecule has 0 amide bonds. The molecule has 18 heavy (non-hydrogen) atoms. The van der Waals surface area contributed by atoms with Crippen LogP contribution in [0.2, 0.25) is 0 Å². The second kappa shape index (κ2) is 6.43. The summed E-state index contributed by atoms with van der Waals surface area (Å²) in [5.41, 5.74) is 0. The molecule has 0 N–H and O–H groups in total. The van der Waals surface area contributed by atoms with Gasteiger partial charge in [0.25, 0.3) is 0 Å². The van der Waals surface area contributed by atoms with Crippen molar-refractivity contribution in [2.75, 3.05) is 19.8 Å². The smallest absolute Gasteiger partial charge is 0.277 e. The van der Waals surface area contributed by atoms with Crippen molar-refractivity contribution >= 4 is 7.82 Å². The molecule has 0 heterocycles. The summed E-state index contributed by atoms with van der Waals surface area (Å²) < 4.78 is 93.3. The zero-order valence-electron chi connectivity index (χ0n) is 8.55. The minimum atomic E-state index is -5.01. The van der Waals surface area contributed by atoms with Crippen molar-refractivity contribution in [2.24, 2.45) is 0 Å². The molecule has 0 aliphatic heterocycles. The molecule has 0 bridgehead atoms. The van der Waals surface area contributed by atoms with E-state index in [2.05, 4.69) is 20.0 Å². The summed E-state index contributed by atoms with van der Waals surface area (Å²) in [6.45, 7) is -5.01. The molecule has 4 nitrogen and oxygen atoms in total.